The maximum Gasteiger partial charge on any atom is 0.267 e. The number of hydrogen-bond donors (Lipinski definition) is 1. The van der Waals surface area contributed by atoms with E-state index >= 15 is 0 Å². The van der Waals surface area contributed by atoms with Crippen molar-refractivity contribution in [3.63, 3.8) is 0 Å². The standard InChI is InChI=1S/C16H18N4O3S/c1-12-16(13(2)23-18-12)24(21,22)19-15-10-17-20(11-15)9-8-14-6-4-3-5-7-14/h3-7,10-11,19H,8-9H2,1-2H3. The van der Waals surface area contributed by atoms with E-state index in [4.69, 9.17) is 4.52 Å². The minimum Gasteiger partial charge on any atom is -0.360 e. The minimum absolute atomic E-state index is 0.0690. The molecule has 3 aromatic rings. The van der Waals surface area contributed by atoms with Gasteiger partial charge in [-0.1, -0.05) is 35.5 Å². The quantitative estimate of drug-likeness (QED) is 0.741. The molecule has 0 saturated carbocycles. The van der Waals surface area contributed by atoms with E-state index in [0.717, 1.165) is 6.42 Å². The zero-order valence-electron chi connectivity index (χ0n) is 13.4. The fourth-order valence-corrected chi connectivity index (χ4v) is 3.85. The van der Waals surface area contributed by atoms with Gasteiger partial charge in [-0.15, -0.1) is 0 Å². The van der Waals surface area contributed by atoms with Gasteiger partial charge in [-0.05, 0) is 25.8 Å². The predicted molar refractivity (Wildman–Crippen MR) is 89.2 cm³/mol. The number of rotatable bonds is 6. The number of aryl methyl sites for hydroxylation is 4. The second kappa shape index (κ2) is 6.48. The van der Waals surface area contributed by atoms with Gasteiger partial charge in [0.25, 0.3) is 10.0 Å². The van der Waals surface area contributed by atoms with Crippen molar-refractivity contribution >= 4 is 15.7 Å². The minimum atomic E-state index is -3.74. The van der Waals surface area contributed by atoms with Gasteiger partial charge in [0.15, 0.2) is 10.7 Å². The first-order valence-electron chi connectivity index (χ1n) is 7.48. The summed E-state index contributed by atoms with van der Waals surface area (Å²) >= 11 is 0. The SMILES string of the molecule is Cc1noc(C)c1S(=O)(=O)Nc1cnn(CCc2ccccc2)c1. The van der Waals surface area contributed by atoms with Crippen LogP contribution in [0.1, 0.15) is 17.0 Å². The van der Waals surface area contributed by atoms with Crippen LogP contribution in [0.15, 0.2) is 52.1 Å². The Morgan fingerprint density at radius 1 is 1.21 bits per heavy atom. The third-order valence-electron chi connectivity index (χ3n) is 3.59. The number of benzene rings is 1. The molecule has 126 valence electrons. The highest BCUT2D eigenvalue weighted by Gasteiger charge is 2.24. The Hall–Kier alpha value is -2.61. The van der Waals surface area contributed by atoms with Gasteiger partial charge in [-0.25, -0.2) is 8.42 Å². The molecule has 0 aliphatic rings. The molecule has 2 heterocycles. The lowest BCUT2D eigenvalue weighted by Gasteiger charge is -2.05. The van der Waals surface area contributed by atoms with Crippen LogP contribution in [0.2, 0.25) is 0 Å². The molecule has 24 heavy (non-hydrogen) atoms. The smallest absolute Gasteiger partial charge is 0.267 e. The van der Waals surface area contributed by atoms with Crippen molar-refractivity contribution in [2.75, 3.05) is 4.72 Å². The van der Waals surface area contributed by atoms with Crippen LogP contribution in [-0.4, -0.2) is 23.4 Å². The van der Waals surface area contributed by atoms with Gasteiger partial charge >= 0.3 is 0 Å². The van der Waals surface area contributed by atoms with Crippen molar-refractivity contribution in [2.45, 2.75) is 31.7 Å². The molecule has 0 atom stereocenters. The van der Waals surface area contributed by atoms with Crippen LogP contribution < -0.4 is 4.72 Å². The molecule has 0 fully saturated rings. The predicted octanol–water partition coefficient (Wildman–Crippen LogP) is 2.53. The summed E-state index contributed by atoms with van der Waals surface area (Å²) < 4.78 is 34.0. The first-order chi connectivity index (χ1) is 11.5. The first-order valence-corrected chi connectivity index (χ1v) is 8.96. The number of aromatic nitrogens is 3. The number of anilines is 1. The normalized spacial score (nSPS) is 11.6. The van der Waals surface area contributed by atoms with Gasteiger partial charge in [-0.3, -0.25) is 9.40 Å². The molecule has 3 rings (SSSR count). The largest absolute Gasteiger partial charge is 0.360 e. The van der Waals surface area contributed by atoms with Crippen molar-refractivity contribution in [1.29, 1.82) is 0 Å². The summed E-state index contributed by atoms with van der Waals surface area (Å²) in [5.74, 6) is 0.261. The van der Waals surface area contributed by atoms with Gasteiger partial charge in [0.2, 0.25) is 0 Å². The Morgan fingerprint density at radius 3 is 2.62 bits per heavy atom. The molecule has 1 aromatic carbocycles. The number of sulfonamides is 1. The van der Waals surface area contributed by atoms with Gasteiger partial charge in [0.05, 0.1) is 11.9 Å². The molecular formula is C16H18N4O3S. The molecule has 0 radical (unpaired) electrons. The Bertz CT molecular complexity index is 910. The summed E-state index contributed by atoms with van der Waals surface area (Å²) in [7, 11) is -3.74. The van der Waals surface area contributed by atoms with Gasteiger partial charge in [-0.2, -0.15) is 5.10 Å². The van der Waals surface area contributed by atoms with Gasteiger partial charge in [0, 0.05) is 12.7 Å². The summed E-state index contributed by atoms with van der Waals surface area (Å²) in [4.78, 5) is 0.0690. The van der Waals surface area contributed by atoms with E-state index in [0.29, 0.717) is 17.9 Å². The fraction of sp³-hybridized carbons (Fsp3) is 0.250. The summed E-state index contributed by atoms with van der Waals surface area (Å²) in [6.07, 6.45) is 3.97. The third kappa shape index (κ3) is 3.48. The summed E-state index contributed by atoms with van der Waals surface area (Å²) in [6, 6.07) is 10.0. The molecule has 7 nitrogen and oxygen atoms in total. The van der Waals surface area contributed by atoms with Crippen LogP contribution in [0.3, 0.4) is 0 Å². The Labute approximate surface area is 140 Å². The van der Waals surface area contributed by atoms with Crippen molar-refractivity contribution in [3.05, 3.63) is 59.7 Å². The second-order valence-corrected chi connectivity index (χ2v) is 7.11. The molecule has 0 saturated heterocycles. The van der Waals surface area contributed by atoms with Crippen molar-refractivity contribution in [1.82, 2.24) is 14.9 Å². The van der Waals surface area contributed by atoms with Crippen LogP contribution in [0.4, 0.5) is 5.69 Å². The molecule has 2 aromatic heterocycles. The average molecular weight is 346 g/mol. The fourth-order valence-electron chi connectivity index (χ4n) is 2.49. The molecule has 0 aliphatic heterocycles. The van der Waals surface area contributed by atoms with Crippen LogP contribution in [0.25, 0.3) is 0 Å². The van der Waals surface area contributed by atoms with Crippen LogP contribution in [0.5, 0.6) is 0 Å². The molecule has 1 N–H and O–H groups in total. The lowest BCUT2D eigenvalue weighted by atomic mass is 10.1. The average Bonchev–Trinajstić information content (AvgIpc) is 3.12. The maximum absolute atomic E-state index is 12.4. The topological polar surface area (TPSA) is 90.0 Å². The highest BCUT2D eigenvalue weighted by atomic mass is 32.2. The maximum atomic E-state index is 12.4. The van der Waals surface area contributed by atoms with Crippen molar-refractivity contribution in [2.24, 2.45) is 0 Å². The zero-order valence-corrected chi connectivity index (χ0v) is 14.2. The number of nitrogens with one attached hydrogen (secondary N) is 1. The second-order valence-electron chi connectivity index (χ2n) is 5.49. The van der Waals surface area contributed by atoms with Crippen molar-refractivity contribution < 1.29 is 12.9 Å². The zero-order chi connectivity index (χ0) is 17.2. The van der Waals surface area contributed by atoms with Crippen LogP contribution in [0, 0.1) is 13.8 Å². The van der Waals surface area contributed by atoms with E-state index < -0.39 is 10.0 Å². The van der Waals surface area contributed by atoms with E-state index in [-0.39, 0.29) is 10.7 Å². The lowest BCUT2D eigenvalue weighted by molar-refractivity contribution is 0.390. The molecule has 8 heteroatoms. The van der Waals surface area contributed by atoms with E-state index in [2.05, 4.69) is 15.0 Å². The summed E-state index contributed by atoms with van der Waals surface area (Å²) in [5.41, 5.74) is 1.94. The molecule has 0 aliphatic carbocycles. The molecule has 0 unspecified atom stereocenters. The number of nitrogens with zero attached hydrogens (tertiary/aromatic N) is 3. The van der Waals surface area contributed by atoms with E-state index in [9.17, 15) is 8.42 Å². The van der Waals surface area contributed by atoms with E-state index in [1.165, 1.54) is 11.8 Å². The van der Waals surface area contributed by atoms with Crippen molar-refractivity contribution in [3.8, 4) is 0 Å². The van der Waals surface area contributed by atoms with Gasteiger partial charge in [0.1, 0.15) is 5.69 Å². The number of hydrogen-bond acceptors (Lipinski definition) is 5. The molecule has 0 bridgehead atoms. The Kier molecular flexibility index (Phi) is 4.39. The van der Waals surface area contributed by atoms with Crippen LogP contribution in [-0.2, 0) is 23.0 Å². The highest BCUT2D eigenvalue weighted by Crippen LogP contribution is 2.22. The van der Waals surface area contributed by atoms with Gasteiger partial charge < -0.3 is 4.52 Å². The highest BCUT2D eigenvalue weighted by molar-refractivity contribution is 7.92. The molecule has 0 amide bonds. The first kappa shape index (κ1) is 16.3. The van der Waals surface area contributed by atoms with E-state index in [1.807, 2.05) is 30.3 Å². The molecule has 0 spiro atoms. The molecular weight excluding hydrogens is 328 g/mol. The Morgan fingerprint density at radius 2 is 1.96 bits per heavy atom. The third-order valence-corrected chi connectivity index (χ3v) is 5.22. The summed E-state index contributed by atoms with van der Waals surface area (Å²) in [5, 5.41) is 7.87. The van der Waals surface area contributed by atoms with Crippen LogP contribution >= 0.6 is 0 Å². The summed E-state index contributed by atoms with van der Waals surface area (Å²) in [6.45, 7) is 3.82. The monoisotopic (exact) mass is 346 g/mol. The van der Waals surface area contributed by atoms with E-state index in [1.54, 1.807) is 24.7 Å². The Balaban J connectivity index is 1.70. The lowest BCUT2D eigenvalue weighted by Crippen LogP contribution is -2.14.